The van der Waals surface area contributed by atoms with E-state index in [0.29, 0.717) is 6.42 Å². The van der Waals surface area contributed by atoms with E-state index >= 15 is 0 Å². The molecule has 1 heterocycles. The van der Waals surface area contributed by atoms with Crippen LogP contribution in [-0.2, 0) is 4.79 Å². The number of likely N-dealkylation sites (tertiary alicyclic amines) is 1. The van der Waals surface area contributed by atoms with Crippen molar-refractivity contribution < 1.29 is 4.79 Å². The lowest BCUT2D eigenvalue weighted by molar-refractivity contribution is -0.127. The maximum Gasteiger partial charge on any atom is 0.224 e. The smallest absolute Gasteiger partial charge is 0.224 e. The third kappa shape index (κ3) is 4.43. The molecule has 3 nitrogen and oxygen atoms in total. The molecule has 1 saturated heterocycles. The molecule has 1 aliphatic heterocycles. The molecule has 0 radical (unpaired) electrons. The van der Waals surface area contributed by atoms with Gasteiger partial charge in [0.15, 0.2) is 0 Å². The summed E-state index contributed by atoms with van der Waals surface area (Å²) >= 11 is 0. The van der Waals surface area contributed by atoms with Crippen molar-refractivity contribution in [1.82, 2.24) is 10.2 Å². The molecule has 0 saturated carbocycles. The number of carbonyl (C=O) groups is 1. The summed E-state index contributed by atoms with van der Waals surface area (Å²) in [7, 11) is 0. The number of hydrogen-bond donors (Lipinski definition) is 1. The van der Waals surface area contributed by atoms with Crippen LogP contribution in [0.3, 0.4) is 0 Å². The van der Waals surface area contributed by atoms with Crippen LogP contribution in [0.1, 0.15) is 38.7 Å². The number of allylic oxidation sites excluding steroid dienone is 1. The maximum absolute atomic E-state index is 11.9. The third-order valence-electron chi connectivity index (χ3n) is 3.88. The number of rotatable bonds is 7. The Labute approximate surface area is 128 Å². The predicted octanol–water partition coefficient (Wildman–Crippen LogP) is 3.08. The predicted molar refractivity (Wildman–Crippen MR) is 88.0 cm³/mol. The summed E-state index contributed by atoms with van der Waals surface area (Å²) in [4.78, 5) is 13.9. The van der Waals surface area contributed by atoms with E-state index in [-0.39, 0.29) is 11.9 Å². The second kappa shape index (κ2) is 7.99. The van der Waals surface area contributed by atoms with Gasteiger partial charge < -0.3 is 10.2 Å². The SMILES string of the molecule is CC/C=C(/CNC1CC(=O)N(CCC)C1)c1ccccc1. The Bertz CT molecular complexity index is 481. The number of carbonyl (C=O) groups excluding carboxylic acids is 1. The Morgan fingerprint density at radius 3 is 2.76 bits per heavy atom. The van der Waals surface area contributed by atoms with Gasteiger partial charge in [0.05, 0.1) is 0 Å². The summed E-state index contributed by atoms with van der Waals surface area (Å²) < 4.78 is 0. The van der Waals surface area contributed by atoms with E-state index in [1.165, 1.54) is 11.1 Å². The van der Waals surface area contributed by atoms with Gasteiger partial charge in [0.1, 0.15) is 0 Å². The fourth-order valence-corrected chi connectivity index (χ4v) is 2.84. The summed E-state index contributed by atoms with van der Waals surface area (Å²) in [5.74, 6) is 0.287. The average molecular weight is 286 g/mol. The molecule has 1 fully saturated rings. The first kappa shape index (κ1) is 15.8. The van der Waals surface area contributed by atoms with E-state index < -0.39 is 0 Å². The second-order valence-corrected chi connectivity index (χ2v) is 5.63. The minimum absolute atomic E-state index is 0.285. The van der Waals surface area contributed by atoms with Crippen molar-refractivity contribution >= 4 is 11.5 Å². The maximum atomic E-state index is 11.9. The lowest BCUT2D eigenvalue weighted by Crippen LogP contribution is -2.34. The van der Waals surface area contributed by atoms with Crippen molar-refractivity contribution in [3.63, 3.8) is 0 Å². The summed E-state index contributed by atoms with van der Waals surface area (Å²) in [6.45, 7) is 6.83. The van der Waals surface area contributed by atoms with Gasteiger partial charge >= 0.3 is 0 Å². The number of hydrogen-bond acceptors (Lipinski definition) is 2. The van der Waals surface area contributed by atoms with Crippen LogP contribution in [0.4, 0.5) is 0 Å². The van der Waals surface area contributed by atoms with E-state index in [9.17, 15) is 4.79 Å². The van der Waals surface area contributed by atoms with E-state index in [4.69, 9.17) is 0 Å². The fourth-order valence-electron chi connectivity index (χ4n) is 2.84. The lowest BCUT2D eigenvalue weighted by atomic mass is 10.0. The molecule has 3 heteroatoms. The van der Waals surface area contributed by atoms with Crippen LogP contribution in [0.25, 0.3) is 5.57 Å². The molecule has 1 aromatic rings. The van der Waals surface area contributed by atoms with Crippen LogP contribution in [-0.4, -0.2) is 36.5 Å². The molecular weight excluding hydrogens is 260 g/mol. The quantitative estimate of drug-likeness (QED) is 0.835. The molecule has 0 aromatic heterocycles. The Hall–Kier alpha value is -1.61. The van der Waals surface area contributed by atoms with Gasteiger partial charge in [0, 0.05) is 32.1 Å². The largest absolute Gasteiger partial charge is 0.341 e. The summed E-state index contributed by atoms with van der Waals surface area (Å²) in [6.07, 6.45) is 4.96. The summed E-state index contributed by atoms with van der Waals surface area (Å²) in [6, 6.07) is 10.8. The molecule has 2 rings (SSSR count). The lowest BCUT2D eigenvalue weighted by Gasteiger charge is -2.17. The first-order chi connectivity index (χ1) is 10.2. The monoisotopic (exact) mass is 286 g/mol. The van der Waals surface area contributed by atoms with Gasteiger partial charge in [-0.25, -0.2) is 0 Å². The van der Waals surface area contributed by atoms with Crippen molar-refractivity contribution in [1.29, 1.82) is 0 Å². The molecule has 1 atom stereocenters. The molecule has 1 N–H and O–H groups in total. The fraction of sp³-hybridized carbons (Fsp3) is 0.500. The molecule has 1 aliphatic rings. The van der Waals surface area contributed by atoms with E-state index in [1.54, 1.807) is 0 Å². The third-order valence-corrected chi connectivity index (χ3v) is 3.88. The Kier molecular flexibility index (Phi) is 6.00. The highest BCUT2D eigenvalue weighted by Gasteiger charge is 2.28. The standard InChI is InChI=1S/C18H26N2O/c1-3-8-16(15-9-6-5-7-10-15)13-19-17-12-18(21)20(14-17)11-4-2/h5-10,17,19H,3-4,11-14H2,1-2H3/b16-8-. The van der Waals surface area contributed by atoms with E-state index in [0.717, 1.165) is 32.5 Å². The van der Waals surface area contributed by atoms with Gasteiger partial charge in [0.2, 0.25) is 5.91 Å². The first-order valence-corrected chi connectivity index (χ1v) is 8.00. The molecule has 1 amide bonds. The minimum atomic E-state index is 0.285. The zero-order valence-corrected chi connectivity index (χ0v) is 13.1. The first-order valence-electron chi connectivity index (χ1n) is 8.00. The van der Waals surface area contributed by atoms with Crippen molar-refractivity contribution in [3.8, 4) is 0 Å². The number of benzene rings is 1. The highest BCUT2D eigenvalue weighted by Crippen LogP contribution is 2.16. The van der Waals surface area contributed by atoms with Crippen LogP contribution in [0.2, 0.25) is 0 Å². The van der Waals surface area contributed by atoms with Gasteiger partial charge in [-0.1, -0.05) is 50.3 Å². The van der Waals surface area contributed by atoms with Gasteiger partial charge in [-0.3, -0.25) is 4.79 Å². The molecule has 1 aromatic carbocycles. The number of nitrogens with one attached hydrogen (secondary N) is 1. The molecule has 0 aliphatic carbocycles. The highest BCUT2D eigenvalue weighted by molar-refractivity contribution is 5.79. The van der Waals surface area contributed by atoms with Crippen LogP contribution in [0, 0.1) is 0 Å². The zero-order valence-electron chi connectivity index (χ0n) is 13.1. The van der Waals surface area contributed by atoms with Gasteiger partial charge in [-0.05, 0) is 24.0 Å². The molecule has 1 unspecified atom stereocenters. The topological polar surface area (TPSA) is 32.3 Å². The van der Waals surface area contributed by atoms with Crippen LogP contribution in [0.5, 0.6) is 0 Å². The van der Waals surface area contributed by atoms with Crippen molar-refractivity contribution in [2.24, 2.45) is 0 Å². The molecule has 114 valence electrons. The molecule has 0 bridgehead atoms. The highest BCUT2D eigenvalue weighted by atomic mass is 16.2. The Morgan fingerprint density at radius 2 is 2.10 bits per heavy atom. The molecule has 21 heavy (non-hydrogen) atoms. The summed E-state index contributed by atoms with van der Waals surface area (Å²) in [5, 5.41) is 3.55. The summed E-state index contributed by atoms with van der Waals surface area (Å²) in [5.41, 5.74) is 2.58. The number of amides is 1. The van der Waals surface area contributed by atoms with Gasteiger partial charge in [0.25, 0.3) is 0 Å². The van der Waals surface area contributed by atoms with E-state index in [2.05, 4.69) is 49.5 Å². The van der Waals surface area contributed by atoms with Gasteiger partial charge in [-0.15, -0.1) is 0 Å². The number of nitrogens with zero attached hydrogens (tertiary/aromatic N) is 1. The van der Waals surface area contributed by atoms with Gasteiger partial charge in [-0.2, -0.15) is 0 Å². The molecular formula is C18H26N2O. The second-order valence-electron chi connectivity index (χ2n) is 5.63. The molecule has 0 spiro atoms. The van der Waals surface area contributed by atoms with Crippen LogP contribution in [0.15, 0.2) is 36.4 Å². The van der Waals surface area contributed by atoms with Crippen LogP contribution >= 0.6 is 0 Å². The average Bonchev–Trinajstić information content (AvgIpc) is 2.85. The Balaban J connectivity index is 1.92. The minimum Gasteiger partial charge on any atom is -0.341 e. The van der Waals surface area contributed by atoms with Crippen molar-refractivity contribution in [3.05, 3.63) is 42.0 Å². The zero-order chi connectivity index (χ0) is 15.1. The Morgan fingerprint density at radius 1 is 1.33 bits per heavy atom. The van der Waals surface area contributed by atoms with Crippen molar-refractivity contribution in [2.45, 2.75) is 39.2 Å². The van der Waals surface area contributed by atoms with Crippen molar-refractivity contribution in [2.75, 3.05) is 19.6 Å². The normalized spacial score (nSPS) is 19.3. The van der Waals surface area contributed by atoms with Crippen LogP contribution < -0.4 is 5.32 Å². The van der Waals surface area contributed by atoms with E-state index in [1.807, 2.05) is 11.0 Å².